The van der Waals surface area contributed by atoms with E-state index in [1.54, 1.807) is 6.20 Å². The summed E-state index contributed by atoms with van der Waals surface area (Å²) in [5.41, 5.74) is 5.97. The number of hydrogen-bond donors (Lipinski definition) is 2. The van der Waals surface area contributed by atoms with Crippen molar-refractivity contribution in [2.75, 3.05) is 6.54 Å². The van der Waals surface area contributed by atoms with E-state index in [2.05, 4.69) is 20.9 Å². The van der Waals surface area contributed by atoms with Crippen LogP contribution in [0.2, 0.25) is 0 Å². The Bertz CT molecular complexity index is 255. The summed E-state index contributed by atoms with van der Waals surface area (Å²) < 4.78 is 0.825. The average molecular weight is 231 g/mol. The minimum absolute atomic E-state index is 0.462. The number of pyridine rings is 1. The van der Waals surface area contributed by atoms with Crippen molar-refractivity contribution in [2.45, 2.75) is 12.5 Å². The lowest BCUT2D eigenvalue weighted by Gasteiger charge is -2.09. The van der Waals surface area contributed by atoms with Crippen LogP contribution in [-0.2, 0) is 0 Å². The van der Waals surface area contributed by atoms with Gasteiger partial charge in [0.25, 0.3) is 0 Å². The highest BCUT2D eigenvalue weighted by molar-refractivity contribution is 9.10. The first-order valence-electron chi connectivity index (χ1n) is 3.74. The third kappa shape index (κ3) is 2.27. The highest BCUT2D eigenvalue weighted by atomic mass is 79.9. The molecule has 0 aliphatic rings. The first-order chi connectivity index (χ1) is 5.75. The molecule has 1 rings (SSSR count). The van der Waals surface area contributed by atoms with Crippen LogP contribution >= 0.6 is 15.9 Å². The maximum Gasteiger partial charge on any atom is 0.0983 e. The molecule has 3 nitrogen and oxygen atoms in total. The highest BCUT2D eigenvalue weighted by Gasteiger charge is 2.10. The molecule has 3 N–H and O–H groups in total. The number of nitrogens with two attached hydrogens (primary N) is 1. The van der Waals surface area contributed by atoms with Crippen LogP contribution in [0.15, 0.2) is 22.8 Å². The minimum Gasteiger partial charge on any atom is -0.387 e. The minimum atomic E-state index is -0.564. The SMILES string of the molecule is NCCC(O)c1ncccc1Br. The number of aromatic nitrogens is 1. The van der Waals surface area contributed by atoms with Crippen molar-refractivity contribution < 1.29 is 5.11 Å². The normalized spacial score (nSPS) is 12.9. The van der Waals surface area contributed by atoms with Gasteiger partial charge in [-0.15, -0.1) is 0 Å². The van der Waals surface area contributed by atoms with Gasteiger partial charge in [-0.2, -0.15) is 0 Å². The molecule has 12 heavy (non-hydrogen) atoms. The zero-order valence-corrected chi connectivity index (χ0v) is 8.16. The van der Waals surface area contributed by atoms with Gasteiger partial charge in [0.15, 0.2) is 0 Å². The topological polar surface area (TPSA) is 59.1 Å². The summed E-state index contributed by atoms with van der Waals surface area (Å²) in [5, 5.41) is 9.53. The summed E-state index contributed by atoms with van der Waals surface area (Å²) in [7, 11) is 0. The van der Waals surface area contributed by atoms with Crippen molar-refractivity contribution in [1.82, 2.24) is 4.98 Å². The summed E-state index contributed by atoms with van der Waals surface area (Å²) in [4.78, 5) is 4.04. The molecule has 0 fully saturated rings. The summed E-state index contributed by atoms with van der Waals surface area (Å²) in [6.07, 6.45) is 1.63. The smallest absolute Gasteiger partial charge is 0.0983 e. The van der Waals surface area contributed by atoms with Crippen LogP contribution in [0.5, 0.6) is 0 Å². The van der Waals surface area contributed by atoms with Crippen LogP contribution in [0.1, 0.15) is 18.2 Å². The van der Waals surface area contributed by atoms with Gasteiger partial charge in [-0.05, 0) is 41.0 Å². The van der Waals surface area contributed by atoms with Gasteiger partial charge >= 0.3 is 0 Å². The first-order valence-corrected chi connectivity index (χ1v) is 4.53. The Morgan fingerprint density at radius 1 is 1.67 bits per heavy atom. The first kappa shape index (κ1) is 9.64. The maximum absolute atomic E-state index is 9.53. The van der Waals surface area contributed by atoms with Gasteiger partial charge in [0.1, 0.15) is 0 Å². The third-order valence-electron chi connectivity index (χ3n) is 1.54. The fourth-order valence-corrected chi connectivity index (χ4v) is 1.46. The molecule has 1 heterocycles. The van der Waals surface area contributed by atoms with Crippen LogP contribution in [0.25, 0.3) is 0 Å². The predicted octanol–water partition coefficient (Wildman–Crippen LogP) is 1.23. The second-order valence-corrected chi connectivity index (χ2v) is 3.32. The lowest BCUT2D eigenvalue weighted by molar-refractivity contribution is 0.165. The number of nitrogens with zero attached hydrogens (tertiary/aromatic N) is 1. The van der Waals surface area contributed by atoms with E-state index >= 15 is 0 Å². The molecule has 0 bridgehead atoms. The van der Waals surface area contributed by atoms with Crippen molar-refractivity contribution in [2.24, 2.45) is 5.73 Å². The molecule has 0 aliphatic heterocycles. The van der Waals surface area contributed by atoms with Crippen molar-refractivity contribution in [3.63, 3.8) is 0 Å². The Hall–Kier alpha value is -0.450. The van der Waals surface area contributed by atoms with E-state index in [1.807, 2.05) is 12.1 Å². The van der Waals surface area contributed by atoms with Gasteiger partial charge in [0.05, 0.1) is 11.8 Å². The van der Waals surface area contributed by atoms with E-state index in [1.165, 1.54) is 0 Å². The third-order valence-corrected chi connectivity index (χ3v) is 2.21. The summed E-state index contributed by atoms with van der Waals surface area (Å²) in [6.45, 7) is 0.462. The van der Waals surface area contributed by atoms with Crippen LogP contribution in [0, 0.1) is 0 Å². The summed E-state index contributed by atoms with van der Waals surface area (Å²) in [6, 6.07) is 3.66. The largest absolute Gasteiger partial charge is 0.387 e. The van der Waals surface area contributed by atoms with E-state index in [4.69, 9.17) is 5.73 Å². The lowest BCUT2D eigenvalue weighted by atomic mass is 10.2. The number of rotatable bonds is 3. The van der Waals surface area contributed by atoms with Gasteiger partial charge in [-0.1, -0.05) is 0 Å². The zero-order valence-electron chi connectivity index (χ0n) is 6.57. The van der Waals surface area contributed by atoms with Gasteiger partial charge in [0, 0.05) is 10.7 Å². The molecular weight excluding hydrogens is 220 g/mol. The molecule has 0 amide bonds. The molecule has 1 atom stereocenters. The molecule has 0 saturated carbocycles. The van der Waals surface area contributed by atoms with Crippen LogP contribution in [0.4, 0.5) is 0 Å². The van der Waals surface area contributed by atoms with E-state index in [-0.39, 0.29) is 0 Å². The van der Waals surface area contributed by atoms with Crippen LogP contribution < -0.4 is 5.73 Å². The van der Waals surface area contributed by atoms with Crippen molar-refractivity contribution in [1.29, 1.82) is 0 Å². The zero-order chi connectivity index (χ0) is 8.97. The Morgan fingerprint density at radius 2 is 2.42 bits per heavy atom. The molecule has 1 aromatic heterocycles. The van der Waals surface area contributed by atoms with Crippen LogP contribution in [-0.4, -0.2) is 16.6 Å². The fraction of sp³-hybridized carbons (Fsp3) is 0.375. The maximum atomic E-state index is 9.53. The van der Waals surface area contributed by atoms with E-state index in [0.29, 0.717) is 18.7 Å². The van der Waals surface area contributed by atoms with E-state index < -0.39 is 6.10 Å². The van der Waals surface area contributed by atoms with Crippen molar-refractivity contribution in [3.8, 4) is 0 Å². The summed E-state index contributed by atoms with van der Waals surface area (Å²) in [5.74, 6) is 0. The average Bonchev–Trinajstić information content (AvgIpc) is 2.05. The predicted molar refractivity (Wildman–Crippen MR) is 50.6 cm³/mol. The molecule has 0 radical (unpaired) electrons. The number of halogens is 1. The molecule has 0 spiro atoms. The van der Waals surface area contributed by atoms with Gasteiger partial charge in [0.2, 0.25) is 0 Å². The summed E-state index contributed by atoms with van der Waals surface area (Å²) >= 11 is 3.30. The molecular formula is C8H11BrN2O. The van der Waals surface area contributed by atoms with Gasteiger partial charge in [-0.25, -0.2) is 0 Å². The molecule has 0 aromatic carbocycles. The number of aliphatic hydroxyl groups excluding tert-OH is 1. The molecule has 1 unspecified atom stereocenters. The highest BCUT2D eigenvalue weighted by Crippen LogP contribution is 2.22. The Balaban J connectivity index is 2.79. The fourth-order valence-electron chi connectivity index (χ4n) is 0.938. The standard InChI is InChI=1S/C8H11BrN2O/c9-6-2-1-5-11-8(6)7(12)3-4-10/h1-2,5,7,12H,3-4,10H2. The lowest BCUT2D eigenvalue weighted by Crippen LogP contribution is -2.08. The van der Waals surface area contributed by atoms with Crippen molar-refractivity contribution >= 4 is 15.9 Å². The van der Waals surface area contributed by atoms with E-state index in [0.717, 1.165) is 4.47 Å². The van der Waals surface area contributed by atoms with Gasteiger partial charge in [-0.3, -0.25) is 4.98 Å². The Labute approximate surface area is 79.7 Å². The number of hydrogen-bond acceptors (Lipinski definition) is 3. The monoisotopic (exact) mass is 230 g/mol. The number of aliphatic hydroxyl groups is 1. The molecule has 0 saturated heterocycles. The second-order valence-electron chi connectivity index (χ2n) is 2.46. The van der Waals surface area contributed by atoms with Gasteiger partial charge < -0.3 is 10.8 Å². The molecule has 4 heteroatoms. The quantitative estimate of drug-likeness (QED) is 0.822. The van der Waals surface area contributed by atoms with Crippen LogP contribution in [0.3, 0.4) is 0 Å². The van der Waals surface area contributed by atoms with Crippen molar-refractivity contribution in [3.05, 3.63) is 28.5 Å². The Morgan fingerprint density at radius 3 is 3.00 bits per heavy atom. The molecule has 1 aromatic rings. The Kier molecular flexibility index (Phi) is 3.65. The molecule has 66 valence electrons. The molecule has 0 aliphatic carbocycles. The van der Waals surface area contributed by atoms with E-state index in [9.17, 15) is 5.11 Å². The second kappa shape index (κ2) is 4.54.